The third-order valence-corrected chi connectivity index (χ3v) is 5.07. The number of carbonyl (C=O) groups is 1. The number of halogens is 1. The Hall–Kier alpha value is -3.50. The monoisotopic (exact) mass is 417 g/mol. The van der Waals surface area contributed by atoms with Crippen molar-refractivity contribution >= 4 is 17.6 Å². The number of benzene rings is 3. The summed E-state index contributed by atoms with van der Waals surface area (Å²) in [6.45, 7) is 0.956. The molecular formula is C25H20ClNO3. The Morgan fingerprint density at radius 3 is 2.23 bits per heavy atom. The normalized spacial score (nSPS) is 10.7. The second-order valence-corrected chi connectivity index (χ2v) is 7.41. The van der Waals surface area contributed by atoms with Gasteiger partial charge in [0.1, 0.15) is 18.1 Å². The van der Waals surface area contributed by atoms with Gasteiger partial charge in [-0.3, -0.25) is 0 Å². The summed E-state index contributed by atoms with van der Waals surface area (Å²) in [4.78, 5) is 11.7. The van der Waals surface area contributed by atoms with Crippen molar-refractivity contribution in [1.29, 1.82) is 0 Å². The van der Waals surface area contributed by atoms with Crippen LogP contribution in [0.1, 0.15) is 21.6 Å². The fraction of sp³-hybridized carbons (Fsp3) is 0.0800. The minimum Gasteiger partial charge on any atom is -0.489 e. The summed E-state index contributed by atoms with van der Waals surface area (Å²) >= 11 is 5.94. The van der Waals surface area contributed by atoms with Crippen LogP contribution in [0.3, 0.4) is 0 Å². The molecule has 30 heavy (non-hydrogen) atoms. The van der Waals surface area contributed by atoms with E-state index in [1.54, 1.807) is 22.8 Å². The lowest BCUT2D eigenvalue weighted by Crippen LogP contribution is -2.08. The molecule has 0 saturated heterocycles. The molecule has 4 rings (SSSR count). The molecule has 150 valence electrons. The number of rotatable bonds is 7. The summed E-state index contributed by atoms with van der Waals surface area (Å²) in [5, 5.41) is 10.3. The summed E-state index contributed by atoms with van der Waals surface area (Å²) < 4.78 is 7.57. The zero-order chi connectivity index (χ0) is 20.9. The van der Waals surface area contributed by atoms with E-state index in [1.807, 2.05) is 72.9 Å². The van der Waals surface area contributed by atoms with Crippen molar-refractivity contribution in [3.63, 3.8) is 0 Å². The molecule has 0 aliphatic rings. The SMILES string of the molecule is O=C(O)c1cc(-c2ccc(OCc3ccccc3)cc2)cn1Cc1ccc(Cl)cc1. The highest BCUT2D eigenvalue weighted by Gasteiger charge is 2.14. The predicted molar refractivity (Wildman–Crippen MR) is 118 cm³/mol. The number of carboxylic acids is 1. The maximum Gasteiger partial charge on any atom is 0.352 e. The lowest BCUT2D eigenvalue weighted by Gasteiger charge is -2.07. The molecule has 0 aliphatic heterocycles. The molecule has 1 N–H and O–H groups in total. The van der Waals surface area contributed by atoms with E-state index >= 15 is 0 Å². The number of hydrogen-bond acceptors (Lipinski definition) is 2. The highest BCUT2D eigenvalue weighted by atomic mass is 35.5. The van der Waals surface area contributed by atoms with Gasteiger partial charge in [0.05, 0.1) is 0 Å². The van der Waals surface area contributed by atoms with E-state index in [2.05, 4.69) is 0 Å². The van der Waals surface area contributed by atoms with Crippen molar-refractivity contribution in [2.24, 2.45) is 0 Å². The second-order valence-electron chi connectivity index (χ2n) is 6.97. The van der Waals surface area contributed by atoms with Gasteiger partial charge in [-0.15, -0.1) is 0 Å². The van der Waals surface area contributed by atoms with Gasteiger partial charge in [-0.1, -0.05) is 66.2 Å². The van der Waals surface area contributed by atoms with Gasteiger partial charge >= 0.3 is 5.97 Å². The predicted octanol–water partition coefficient (Wildman–Crippen LogP) is 6.13. The zero-order valence-corrected chi connectivity index (χ0v) is 16.9. The fourth-order valence-corrected chi connectivity index (χ4v) is 3.38. The molecule has 0 radical (unpaired) electrons. The third-order valence-electron chi connectivity index (χ3n) is 4.82. The molecular weight excluding hydrogens is 398 g/mol. The third kappa shape index (κ3) is 4.73. The van der Waals surface area contributed by atoms with Crippen molar-refractivity contribution in [1.82, 2.24) is 4.57 Å². The molecule has 0 spiro atoms. The van der Waals surface area contributed by atoms with Gasteiger partial charge in [0.2, 0.25) is 0 Å². The Labute approximate surface area is 179 Å². The number of aromatic carboxylic acids is 1. The van der Waals surface area contributed by atoms with Gasteiger partial charge in [-0.2, -0.15) is 0 Å². The number of carboxylic acid groups (broad SMARTS) is 1. The Balaban J connectivity index is 1.51. The smallest absolute Gasteiger partial charge is 0.352 e. The molecule has 0 bridgehead atoms. The molecule has 0 fully saturated rings. The Bertz CT molecular complexity index is 1130. The second kappa shape index (κ2) is 8.89. The molecule has 1 heterocycles. The first-order valence-corrected chi connectivity index (χ1v) is 9.91. The van der Waals surface area contributed by atoms with Crippen LogP contribution in [0.4, 0.5) is 0 Å². The van der Waals surface area contributed by atoms with Gasteiger partial charge in [-0.25, -0.2) is 4.79 Å². The molecule has 0 atom stereocenters. The first-order valence-electron chi connectivity index (χ1n) is 9.53. The van der Waals surface area contributed by atoms with Crippen molar-refractivity contribution in [2.75, 3.05) is 0 Å². The molecule has 0 amide bonds. The van der Waals surface area contributed by atoms with E-state index < -0.39 is 5.97 Å². The molecule has 0 unspecified atom stereocenters. The van der Waals surface area contributed by atoms with Gasteiger partial charge in [0.15, 0.2) is 0 Å². The number of nitrogens with zero attached hydrogens (tertiary/aromatic N) is 1. The summed E-state index contributed by atoms with van der Waals surface area (Å²) in [5.74, 6) is -0.195. The van der Waals surface area contributed by atoms with Gasteiger partial charge in [0, 0.05) is 23.3 Å². The van der Waals surface area contributed by atoms with Crippen LogP contribution < -0.4 is 4.74 Å². The topological polar surface area (TPSA) is 51.5 Å². The van der Waals surface area contributed by atoms with Crippen LogP contribution in [-0.2, 0) is 13.2 Å². The summed E-state index contributed by atoms with van der Waals surface area (Å²) in [7, 11) is 0. The van der Waals surface area contributed by atoms with E-state index in [0.29, 0.717) is 18.2 Å². The molecule has 0 saturated carbocycles. The van der Waals surface area contributed by atoms with E-state index in [0.717, 1.165) is 28.0 Å². The fourth-order valence-electron chi connectivity index (χ4n) is 3.25. The van der Waals surface area contributed by atoms with Gasteiger partial charge < -0.3 is 14.4 Å². The first-order chi connectivity index (χ1) is 14.6. The van der Waals surface area contributed by atoms with E-state index in [9.17, 15) is 9.90 Å². The average molecular weight is 418 g/mol. The molecule has 3 aromatic carbocycles. The van der Waals surface area contributed by atoms with E-state index in [1.165, 1.54) is 0 Å². The molecule has 4 nitrogen and oxygen atoms in total. The van der Waals surface area contributed by atoms with E-state index in [4.69, 9.17) is 16.3 Å². The summed E-state index contributed by atoms with van der Waals surface area (Å²) in [6, 6.07) is 26.7. The molecule has 4 aromatic rings. The van der Waals surface area contributed by atoms with Crippen molar-refractivity contribution in [3.05, 3.63) is 113 Å². The van der Waals surface area contributed by atoms with Crippen LogP contribution in [-0.4, -0.2) is 15.6 Å². The van der Waals surface area contributed by atoms with Crippen molar-refractivity contribution in [2.45, 2.75) is 13.2 Å². The lowest BCUT2D eigenvalue weighted by molar-refractivity contribution is 0.0685. The quantitative estimate of drug-likeness (QED) is 0.393. The largest absolute Gasteiger partial charge is 0.489 e. The van der Waals surface area contributed by atoms with Crippen LogP contribution in [0.15, 0.2) is 91.1 Å². The molecule has 1 aromatic heterocycles. The lowest BCUT2D eigenvalue weighted by atomic mass is 10.1. The molecule has 5 heteroatoms. The highest BCUT2D eigenvalue weighted by molar-refractivity contribution is 6.30. The number of aromatic nitrogens is 1. The minimum absolute atomic E-state index is 0.240. The van der Waals surface area contributed by atoms with E-state index in [-0.39, 0.29) is 5.69 Å². The molecule has 0 aliphatic carbocycles. The van der Waals surface area contributed by atoms with Crippen molar-refractivity contribution < 1.29 is 14.6 Å². The Kier molecular flexibility index (Phi) is 5.87. The minimum atomic E-state index is -0.960. The first kappa shape index (κ1) is 19.8. The highest BCUT2D eigenvalue weighted by Crippen LogP contribution is 2.26. The summed E-state index contributed by atoms with van der Waals surface area (Å²) in [5.41, 5.74) is 4.10. The Morgan fingerprint density at radius 1 is 0.867 bits per heavy atom. The Morgan fingerprint density at radius 2 is 1.57 bits per heavy atom. The maximum atomic E-state index is 11.7. The van der Waals surface area contributed by atoms with Crippen LogP contribution in [0.2, 0.25) is 5.02 Å². The van der Waals surface area contributed by atoms with Crippen LogP contribution in [0.5, 0.6) is 5.75 Å². The van der Waals surface area contributed by atoms with Gasteiger partial charge in [-0.05, 0) is 47.0 Å². The van der Waals surface area contributed by atoms with Crippen LogP contribution >= 0.6 is 11.6 Å². The summed E-state index contributed by atoms with van der Waals surface area (Å²) in [6.07, 6.45) is 1.86. The maximum absolute atomic E-state index is 11.7. The standard InChI is InChI=1S/C25H20ClNO3/c26-22-10-6-18(7-11-22)15-27-16-21(14-24(27)25(28)29)20-8-12-23(13-9-20)30-17-19-4-2-1-3-5-19/h1-14,16H,15,17H2,(H,28,29). The zero-order valence-electron chi connectivity index (χ0n) is 16.2. The number of hydrogen-bond donors (Lipinski definition) is 1. The number of ether oxygens (including phenoxy) is 1. The van der Waals surface area contributed by atoms with Gasteiger partial charge in [0.25, 0.3) is 0 Å². The van der Waals surface area contributed by atoms with Crippen LogP contribution in [0, 0.1) is 0 Å². The average Bonchev–Trinajstić information content (AvgIpc) is 3.19. The van der Waals surface area contributed by atoms with Crippen molar-refractivity contribution in [3.8, 4) is 16.9 Å². The van der Waals surface area contributed by atoms with Crippen LogP contribution in [0.25, 0.3) is 11.1 Å².